The number of imidazole rings is 1. The first-order valence-electron chi connectivity index (χ1n) is 12.5. The summed E-state index contributed by atoms with van der Waals surface area (Å²) in [7, 11) is 0. The Morgan fingerprint density at radius 1 is 1.16 bits per heavy atom. The van der Waals surface area contributed by atoms with Crippen molar-refractivity contribution in [3.05, 3.63) is 77.8 Å². The first-order chi connectivity index (χ1) is 17.5. The number of nitrogens with zero attached hydrogens (tertiary/aromatic N) is 3. The molecule has 1 amide bonds. The van der Waals surface area contributed by atoms with Crippen LogP contribution in [0.5, 0.6) is 0 Å². The average Bonchev–Trinajstić information content (AvgIpc) is 3.42. The summed E-state index contributed by atoms with van der Waals surface area (Å²) in [4.78, 5) is 19.7. The Morgan fingerprint density at radius 3 is 2.59 bits per heavy atom. The maximum atomic E-state index is 14.8. The van der Waals surface area contributed by atoms with E-state index in [9.17, 15) is 23.1 Å². The van der Waals surface area contributed by atoms with Crippen molar-refractivity contribution in [3.8, 4) is 11.3 Å². The molecule has 3 aromatic rings. The fourth-order valence-corrected chi connectivity index (χ4v) is 5.60. The van der Waals surface area contributed by atoms with Crippen LogP contribution in [0.1, 0.15) is 38.2 Å². The molecule has 0 aliphatic carbocycles. The summed E-state index contributed by atoms with van der Waals surface area (Å²) in [5.74, 6) is -1.82. The summed E-state index contributed by atoms with van der Waals surface area (Å²) >= 11 is 0. The number of alkyl halides is 1. The van der Waals surface area contributed by atoms with E-state index >= 15 is 0 Å². The highest BCUT2D eigenvalue weighted by atomic mass is 19.1. The minimum absolute atomic E-state index is 0.00889. The van der Waals surface area contributed by atoms with Crippen molar-refractivity contribution >= 4 is 5.91 Å². The van der Waals surface area contributed by atoms with E-state index < -0.39 is 53.2 Å². The first kappa shape index (κ1) is 25.5. The van der Waals surface area contributed by atoms with Gasteiger partial charge >= 0.3 is 0 Å². The molecular weight excluding hydrogens is 481 g/mol. The lowest BCUT2D eigenvalue weighted by Crippen LogP contribution is -2.60. The highest BCUT2D eigenvalue weighted by molar-refractivity contribution is 5.83. The molecule has 2 N–H and O–H groups in total. The molecule has 0 radical (unpaired) electrons. The maximum Gasteiger partial charge on any atom is 0.253 e. The van der Waals surface area contributed by atoms with Crippen LogP contribution in [0.15, 0.2) is 54.7 Å². The Hall–Kier alpha value is -3.17. The number of carbonyl (C=O) groups is 1. The van der Waals surface area contributed by atoms with E-state index in [4.69, 9.17) is 4.98 Å². The minimum Gasteiger partial charge on any atom is -0.382 e. The van der Waals surface area contributed by atoms with E-state index in [1.54, 1.807) is 6.20 Å². The Bertz CT molecular complexity index is 1290. The summed E-state index contributed by atoms with van der Waals surface area (Å²) < 4.78 is 45.4. The second kappa shape index (κ2) is 9.61. The zero-order valence-corrected chi connectivity index (χ0v) is 21.0. The summed E-state index contributed by atoms with van der Waals surface area (Å²) in [6.45, 7) is 6.38. The number of amides is 1. The van der Waals surface area contributed by atoms with Crippen LogP contribution < -0.4 is 5.32 Å². The van der Waals surface area contributed by atoms with Gasteiger partial charge < -0.3 is 19.9 Å². The molecule has 9 heteroatoms. The van der Waals surface area contributed by atoms with Crippen molar-refractivity contribution in [2.24, 2.45) is 11.3 Å². The largest absolute Gasteiger partial charge is 0.382 e. The van der Waals surface area contributed by atoms with Crippen LogP contribution in [0.4, 0.5) is 13.2 Å². The standard InChI is InChI=1S/C28H31F3N4O2/c1-28(2,3)25(35-14-19-21(31)12-32-23(19)24(36)27(35)37)26-33-22(18-11-17(29)9-10-20(18)30)15-34(26)13-16-7-5-4-6-8-16/h4-11,15,19,21,23-25,32,36H,12-14H2,1-3H3/t19-,21-,23?,24-,25-/m0/s1. The van der Waals surface area contributed by atoms with E-state index in [-0.39, 0.29) is 24.3 Å². The van der Waals surface area contributed by atoms with Crippen LogP contribution >= 0.6 is 0 Å². The second-order valence-corrected chi connectivity index (χ2v) is 11.0. The Kier molecular flexibility index (Phi) is 6.62. The van der Waals surface area contributed by atoms with E-state index in [2.05, 4.69) is 5.32 Å². The predicted molar refractivity (Wildman–Crippen MR) is 133 cm³/mol. The highest BCUT2D eigenvalue weighted by Crippen LogP contribution is 2.42. The number of likely N-dealkylation sites (tertiary alicyclic amines) is 1. The second-order valence-electron chi connectivity index (χ2n) is 11.0. The van der Waals surface area contributed by atoms with Crippen molar-refractivity contribution in [1.82, 2.24) is 19.8 Å². The molecule has 1 unspecified atom stereocenters. The molecule has 37 heavy (non-hydrogen) atoms. The summed E-state index contributed by atoms with van der Waals surface area (Å²) in [5, 5.41) is 13.8. The lowest BCUT2D eigenvalue weighted by Gasteiger charge is -2.46. The molecule has 5 rings (SSSR count). The molecule has 0 bridgehead atoms. The lowest BCUT2D eigenvalue weighted by molar-refractivity contribution is -0.155. The number of benzene rings is 2. The molecule has 2 aliphatic heterocycles. The highest BCUT2D eigenvalue weighted by Gasteiger charge is 2.52. The van der Waals surface area contributed by atoms with Gasteiger partial charge in [-0.3, -0.25) is 4.79 Å². The fourth-order valence-electron chi connectivity index (χ4n) is 5.60. The topological polar surface area (TPSA) is 70.4 Å². The van der Waals surface area contributed by atoms with Gasteiger partial charge in [-0.25, -0.2) is 18.2 Å². The van der Waals surface area contributed by atoms with E-state index in [1.165, 1.54) is 4.90 Å². The van der Waals surface area contributed by atoms with Crippen molar-refractivity contribution in [2.45, 2.75) is 51.7 Å². The lowest BCUT2D eigenvalue weighted by atomic mass is 9.81. The first-order valence-corrected chi connectivity index (χ1v) is 12.5. The van der Waals surface area contributed by atoms with Crippen molar-refractivity contribution < 1.29 is 23.1 Å². The molecular formula is C28H31F3N4O2. The Morgan fingerprint density at radius 2 is 1.89 bits per heavy atom. The third kappa shape index (κ3) is 4.78. The van der Waals surface area contributed by atoms with Gasteiger partial charge in [0.2, 0.25) is 0 Å². The molecule has 0 spiro atoms. The van der Waals surface area contributed by atoms with Gasteiger partial charge in [0.15, 0.2) is 0 Å². The number of rotatable bonds is 5. The summed E-state index contributed by atoms with van der Waals surface area (Å²) in [5.41, 5.74) is 0.604. The van der Waals surface area contributed by atoms with Gasteiger partial charge in [0.1, 0.15) is 29.7 Å². The third-order valence-electron chi connectivity index (χ3n) is 7.34. The van der Waals surface area contributed by atoms with E-state index in [1.807, 2.05) is 55.7 Å². The number of hydrogen-bond acceptors (Lipinski definition) is 4. The Balaban J connectivity index is 1.64. The van der Waals surface area contributed by atoms with E-state index in [0.717, 1.165) is 23.8 Å². The number of piperidine rings is 1. The fraction of sp³-hybridized carbons (Fsp3) is 0.429. The van der Waals surface area contributed by atoms with Gasteiger partial charge in [-0.05, 0) is 29.2 Å². The van der Waals surface area contributed by atoms with Gasteiger partial charge in [0.05, 0.1) is 11.7 Å². The van der Waals surface area contributed by atoms with Crippen LogP contribution in [0.2, 0.25) is 0 Å². The van der Waals surface area contributed by atoms with Gasteiger partial charge in [0.25, 0.3) is 5.91 Å². The number of fused-ring (bicyclic) bond motifs is 1. The number of aromatic nitrogens is 2. The number of aliphatic hydroxyl groups is 1. The molecule has 5 atom stereocenters. The number of carbonyl (C=O) groups excluding carboxylic acids is 1. The third-order valence-corrected chi connectivity index (χ3v) is 7.34. The van der Waals surface area contributed by atoms with Gasteiger partial charge in [0, 0.05) is 43.4 Å². The normalized spacial score (nSPS) is 24.8. The van der Waals surface area contributed by atoms with Crippen LogP contribution in [0.25, 0.3) is 11.3 Å². The smallest absolute Gasteiger partial charge is 0.253 e. The van der Waals surface area contributed by atoms with Crippen LogP contribution in [0.3, 0.4) is 0 Å². The van der Waals surface area contributed by atoms with Crippen molar-refractivity contribution in [3.63, 3.8) is 0 Å². The SMILES string of the molecule is CC(C)(C)[C@H](c1nc(-c2cc(F)ccc2F)cn1Cc1ccccc1)N1C[C@@H]2C(NC[C@@H]2F)[C@H](O)C1=O. The van der Waals surface area contributed by atoms with E-state index in [0.29, 0.717) is 12.4 Å². The molecule has 2 fully saturated rings. The summed E-state index contributed by atoms with van der Waals surface area (Å²) in [6, 6.07) is 11.5. The maximum absolute atomic E-state index is 14.8. The molecule has 3 heterocycles. The number of aliphatic hydroxyl groups excluding tert-OH is 1. The molecule has 0 saturated carbocycles. The minimum atomic E-state index is -1.39. The number of nitrogens with one attached hydrogen (secondary N) is 1. The number of halogens is 3. The molecule has 6 nitrogen and oxygen atoms in total. The van der Waals surface area contributed by atoms with Crippen LogP contribution in [-0.4, -0.2) is 56.9 Å². The number of hydrogen-bond donors (Lipinski definition) is 2. The predicted octanol–water partition coefficient (Wildman–Crippen LogP) is 4.09. The van der Waals surface area contributed by atoms with Crippen molar-refractivity contribution in [2.75, 3.05) is 13.1 Å². The van der Waals surface area contributed by atoms with Gasteiger partial charge in [-0.1, -0.05) is 51.1 Å². The van der Waals surface area contributed by atoms with Gasteiger partial charge in [-0.15, -0.1) is 0 Å². The molecule has 1 aromatic heterocycles. The molecule has 2 aliphatic rings. The zero-order valence-electron chi connectivity index (χ0n) is 21.0. The summed E-state index contributed by atoms with van der Waals surface area (Å²) in [6.07, 6.45) is -0.930. The van der Waals surface area contributed by atoms with Crippen LogP contribution in [-0.2, 0) is 11.3 Å². The average molecular weight is 513 g/mol. The quantitative estimate of drug-likeness (QED) is 0.540. The monoisotopic (exact) mass is 512 g/mol. The zero-order chi connectivity index (χ0) is 26.5. The Labute approximate surface area is 214 Å². The van der Waals surface area contributed by atoms with Crippen molar-refractivity contribution in [1.29, 1.82) is 0 Å². The molecule has 2 aromatic carbocycles. The van der Waals surface area contributed by atoms with Gasteiger partial charge in [-0.2, -0.15) is 0 Å². The molecule has 2 saturated heterocycles. The van der Waals surface area contributed by atoms with Crippen LogP contribution in [0, 0.1) is 23.0 Å². The molecule has 196 valence electrons.